The maximum absolute atomic E-state index is 12.6. The van der Waals surface area contributed by atoms with Gasteiger partial charge in [-0.3, -0.25) is 14.6 Å². The van der Waals surface area contributed by atoms with E-state index in [-0.39, 0.29) is 17.6 Å². The SMILES string of the molecule is CCCCC(NC(=O)c1cnc(-n2cccn2)[nH]c1=O)c1ccccc1. The molecule has 1 atom stereocenters. The molecule has 7 nitrogen and oxygen atoms in total. The molecule has 2 N–H and O–H groups in total. The third-order valence-corrected chi connectivity index (χ3v) is 4.11. The first-order valence-corrected chi connectivity index (χ1v) is 8.64. The second-order valence-corrected chi connectivity index (χ2v) is 5.98. The van der Waals surface area contributed by atoms with E-state index in [1.165, 1.54) is 10.9 Å². The van der Waals surface area contributed by atoms with Gasteiger partial charge in [0.1, 0.15) is 5.56 Å². The van der Waals surface area contributed by atoms with E-state index >= 15 is 0 Å². The van der Waals surface area contributed by atoms with Crippen LogP contribution in [0.1, 0.15) is 48.1 Å². The first-order valence-electron chi connectivity index (χ1n) is 8.64. The number of hydrogen-bond donors (Lipinski definition) is 2. The number of amides is 1. The summed E-state index contributed by atoms with van der Waals surface area (Å²) in [5.74, 6) is -0.169. The number of benzene rings is 1. The van der Waals surface area contributed by atoms with Gasteiger partial charge in [-0.25, -0.2) is 9.67 Å². The Balaban J connectivity index is 1.80. The van der Waals surface area contributed by atoms with Crippen molar-refractivity contribution in [3.8, 4) is 5.95 Å². The van der Waals surface area contributed by atoms with E-state index in [4.69, 9.17) is 0 Å². The average Bonchev–Trinajstić information content (AvgIpc) is 3.20. The molecule has 0 aliphatic heterocycles. The van der Waals surface area contributed by atoms with E-state index in [1.54, 1.807) is 18.5 Å². The first-order chi connectivity index (χ1) is 12.7. The molecule has 2 aromatic heterocycles. The molecule has 0 aliphatic carbocycles. The van der Waals surface area contributed by atoms with Gasteiger partial charge in [-0.2, -0.15) is 5.10 Å². The van der Waals surface area contributed by atoms with Gasteiger partial charge in [-0.05, 0) is 18.1 Å². The van der Waals surface area contributed by atoms with E-state index in [1.807, 2.05) is 30.3 Å². The van der Waals surface area contributed by atoms with Crippen LogP contribution in [0.5, 0.6) is 0 Å². The summed E-state index contributed by atoms with van der Waals surface area (Å²) in [6.45, 7) is 2.10. The molecule has 0 radical (unpaired) electrons. The number of aromatic nitrogens is 4. The number of hydrogen-bond acceptors (Lipinski definition) is 4. The molecule has 2 heterocycles. The minimum Gasteiger partial charge on any atom is -0.345 e. The minimum atomic E-state index is -0.495. The van der Waals surface area contributed by atoms with E-state index in [0.29, 0.717) is 0 Å². The topological polar surface area (TPSA) is 92.7 Å². The van der Waals surface area contributed by atoms with Crippen molar-refractivity contribution in [1.82, 2.24) is 25.1 Å². The molecule has 134 valence electrons. The number of nitrogens with one attached hydrogen (secondary N) is 2. The van der Waals surface area contributed by atoms with Crippen LogP contribution in [0, 0.1) is 0 Å². The fourth-order valence-electron chi connectivity index (χ4n) is 2.71. The first kappa shape index (κ1) is 17.6. The van der Waals surface area contributed by atoms with Gasteiger partial charge in [-0.15, -0.1) is 0 Å². The standard InChI is InChI=1S/C19H21N5O2/c1-2-3-10-16(14-8-5-4-6-9-14)22-17(25)15-13-20-19(23-18(15)26)24-12-7-11-21-24/h4-9,11-13,16H,2-3,10H2,1H3,(H,22,25)(H,20,23,26). The highest BCUT2D eigenvalue weighted by Crippen LogP contribution is 2.19. The molecule has 0 saturated carbocycles. The van der Waals surface area contributed by atoms with Crippen LogP contribution in [-0.2, 0) is 0 Å². The van der Waals surface area contributed by atoms with Crippen LogP contribution in [0.15, 0.2) is 59.8 Å². The molecule has 26 heavy (non-hydrogen) atoms. The van der Waals surface area contributed by atoms with Crippen LogP contribution in [0.2, 0.25) is 0 Å². The van der Waals surface area contributed by atoms with E-state index in [9.17, 15) is 9.59 Å². The minimum absolute atomic E-state index is 0.0154. The summed E-state index contributed by atoms with van der Waals surface area (Å²) in [6.07, 6.45) is 7.34. The Morgan fingerprint density at radius 3 is 2.73 bits per heavy atom. The fourth-order valence-corrected chi connectivity index (χ4v) is 2.71. The molecule has 1 aromatic carbocycles. The smallest absolute Gasteiger partial charge is 0.265 e. The zero-order valence-electron chi connectivity index (χ0n) is 14.6. The fraction of sp³-hybridized carbons (Fsp3) is 0.263. The van der Waals surface area contributed by atoms with Crippen LogP contribution < -0.4 is 10.9 Å². The molecule has 3 aromatic rings. The molecule has 0 saturated heterocycles. The molecule has 0 fully saturated rings. The molecule has 0 aliphatic rings. The summed E-state index contributed by atoms with van der Waals surface area (Å²) in [5.41, 5.74) is 0.510. The highest BCUT2D eigenvalue weighted by Gasteiger charge is 2.18. The highest BCUT2D eigenvalue weighted by molar-refractivity contribution is 5.93. The van der Waals surface area contributed by atoms with Gasteiger partial charge in [0.15, 0.2) is 0 Å². The summed E-state index contributed by atoms with van der Waals surface area (Å²) >= 11 is 0. The number of H-pyrrole nitrogens is 1. The Morgan fingerprint density at radius 2 is 2.08 bits per heavy atom. The number of carbonyl (C=O) groups excluding carboxylic acids is 1. The van der Waals surface area contributed by atoms with Crippen LogP contribution in [0.4, 0.5) is 0 Å². The van der Waals surface area contributed by atoms with Gasteiger partial charge in [0.05, 0.1) is 6.04 Å². The van der Waals surface area contributed by atoms with Crippen LogP contribution in [0.25, 0.3) is 5.95 Å². The Bertz CT molecular complexity index is 903. The van der Waals surface area contributed by atoms with Crippen molar-refractivity contribution in [2.45, 2.75) is 32.2 Å². The van der Waals surface area contributed by atoms with E-state index in [2.05, 4.69) is 27.3 Å². The van der Waals surface area contributed by atoms with Gasteiger partial charge < -0.3 is 5.32 Å². The highest BCUT2D eigenvalue weighted by atomic mass is 16.2. The van der Waals surface area contributed by atoms with Crippen molar-refractivity contribution in [2.24, 2.45) is 0 Å². The predicted molar refractivity (Wildman–Crippen MR) is 98.2 cm³/mol. The maximum atomic E-state index is 12.6. The predicted octanol–water partition coefficient (Wildman–Crippen LogP) is 2.62. The van der Waals surface area contributed by atoms with Gasteiger partial charge >= 0.3 is 0 Å². The molecule has 0 bridgehead atoms. The summed E-state index contributed by atoms with van der Waals surface area (Å²) in [7, 11) is 0. The summed E-state index contributed by atoms with van der Waals surface area (Å²) in [5, 5.41) is 6.97. The molecular weight excluding hydrogens is 330 g/mol. The van der Waals surface area contributed by atoms with Crippen LogP contribution >= 0.6 is 0 Å². The largest absolute Gasteiger partial charge is 0.345 e. The summed E-state index contributed by atoms with van der Waals surface area (Å²) in [4.78, 5) is 31.6. The zero-order chi connectivity index (χ0) is 18.4. The molecule has 0 spiro atoms. The third-order valence-electron chi connectivity index (χ3n) is 4.11. The summed E-state index contributed by atoms with van der Waals surface area (Å²) < 4.78 is 1.43. The van der Waals surface area contributed by atoms with Crippen LogP contribution in [0.3, 0.4) is 0 Å². The monoisotopic (exact) mass is 351 g/mol. The third kappa shape index (κ3) is 4.05. The maximum Gasteiger partial charge on any atom is 0.265 e. The molecule has 1 unspecified atom stereocenters. The van der Waals surface area contributed by atoms with E-state index < -0.39 is 11.5 Å². The second-order valence-electron chi connectivity index (χ2n) is 5.98. The van der Waals surface area contributed by atoms with Gasteiger partial charge in [0, 0.05) is 18.6 Å². The Hall–Kier alpha value is -3.22. The molecule has 7 heteroatoms. The molecule has 1 amide bonds. The number of aromatic amines is 1. The van der Waals surface area contributed by atoms with Gasteiger partial charge in [0.2, 0.25) is 5.95 Å². The lowest BCUT2D eigenvalue weighted by Crippen LogP contribution is -2.33. The van der Waals surface area contributed by atoms with Crippen molar-refractivity contribution in [1.29, 1.82) is 0 Å². The number of unbranched alkanes of at least 4 members (excludes halogenated alkanes) is 1. The lowest BCUT2D eigenvalue weighted by molar-refractivity contribution is 0.0932. The lowest BCUT2D eigenvalue weighted by atomic mass is 10.0. The Kier molecular flexibility index (Phi) is 5.58. The molecular formula is C19H21N5O2. The Labute approximate surface area is 151 Å². The average molecular weight is 351 g/mol. The van der Waals surface area contributed by atoms with Gasteiger partial charge in [-0.1, -0.05) is 50.1 Å². The van der Waals surface area contributed by atoms with Crippen molar-refractivity contribution < 1.29 is 4.79 Å². The van der Waals surface area contributed by atoms with Gasteiger partial charge in [0.25, 0.3) is 11.5 Å². The normalized spacial score (nSPS) is 11.9. The number of nitrogens with zero attached hydrogens (tertiary/aromatic N) is 3. The van der Waals surface area contributed by atoms with Crippen molar-refractivity contribution >= 4 is 5.91 Å². The number of carbonyl (C=O) groups is 1. The lowest BCUT2D eigenvalue weighted by Gasteiger charge is -2.19. The van der Waals surface area contributed by atoms with E-state index in [0.717, 1.165) is 24.8 Å². The van der Waals surface area contributed by atoms with Crippen molar-refractivity contribution in [3.63, 3.8) is 0 Å². The van der Waals surface area contributed by atoms with Crippen molar-refractivity contribution in [3.05, 3.63) is 76.5 Å². The summed E-state index contributed by atoms with van der Waals surface area (Å²) in [6, 6.07) is 11.3. The second kappa shape index (κ2) is 8.24. The number of rotatable bonds is 7. The van der Waals surface area contributed by atoms with Crippen LogP contribution in [-0.4, -0.2) is 25.7 Å². The zero-order valence-corrected chi connectivity index (χ0v) is 14.6. The Morgan fingerprint density at radius 1 is 1.27 bits per heavy atom. The molecule has 3 rings (SSSR count). The van der Waals surface area contributed by atoms with Crippen molar-refractivity contribution in [2.75, 3.05) is 0 Å². The quantitative estimate of drug-likeness (QED) is 0.684.